The SMILES string of the molecule is Cc1cc(CCl)cc(C)c1OCC1CCCC1. The summed E-state index contributed by atoms with van der Waals surface area (Å²) in [5.41, 5.74) is 3.59. The Bertz CT molecular complexity index is 358. The molecule has 0 atom stereocenters. The van der Waals surface area contributed by atoms with Crippen molar-refractivity contribution in [3.63, 3.8) is 0 Å². The lowest BCUT2D eigenvalue weighted by atomic mass is 10.1. The number of halogens is 1. The van der Waals surface area contributed by atoms with E-state index in [1.807, 2.05) is 0 Å². The molecule has 1 aliphatic carbocycles. The highest BCUT2D eigenvalue weighted by Crippen LogP contribution is 2.29. The fraction of sp³-hybridized carbons (Fsp3) is 0.600. The van der Waals surface area contributed by atoms with Crippen molar-refractivity contribution < 1.29 is 4.74 Å². The molecule has 1 aromatic carbocycles. The topological polar surface area (TPSA) is 9.23 Å². The van der Waals surface area contributed by atoms with Gasteiger partial charge in [-0.2, -0.15) is 0 Å². The van der Waals surface area contributed by atoms with Crippen LogP contribution >= 0.6 is 11.6 Å². The number of aryl methyl sites for hydroxylation is 2. The number of rotatable bonds is 4. The second-order valence-corrected chi connectivity index (χ2v) is 5.42. The van der Waals surface area contributed by atoms with Crippen LogP contribution in [0.5, 0.6) is 5.75 Å². The fourth-order valence-electron chi connectivity index (χ4n) is 2.72. The van der Waals surface area contributed by atoms with Gasteiger partial charge in [-0.1, -0.05) is 25.0 Å². The van der Waals surface area contributed by atoms with Crippen LogP contribution in [-0.4, -0.2) is 6.61 Å². The summed E-state index contributed by atoms with van der Waals surface area (Å²) in [6, 6.07) is 4.26. The smallest absolute Gasteiger partial charge is 0.125 e. The van der Waals surface area contributed by atoms with Gasteiger partial charge in [0.25, 0.3) is 0 Å². The van der Waals surface area contributed by atoms with E-state index in [2.05, 4.69) is 26.0 Å². The number of ether oxygens (including phenoxy) is 1. The molecule has 0 aromatic heterocycles. The van der Waals surface area contributed by atoms with Gasteiger partial charge in [-0.15, -0.1) is 11.6 Å². The number of hydrogen-bond acceptors (Lipinski definition) is 1. The van der Waals surface area contributed by atoms with E-state index in [9.17, 15) is 0 Å². The summed E-state index contributed by atoms with van der Waals surface area (Å²) in [5.74, 6) is 2.40. The first-order valence-corrected chi connectivity index (χ1v) is 7.03. The molecule has 0 bridgehead atoms. The zero-order valence-electron chi connectivity index (χ0n) is 10.8. The van der Waals surface area contributed by atoms with E-state index < -0.39 is 0 Å². The van der Waals surface area contributed by atoms with Crippen molar-refractivity contribution in [1.82, 2.24) is 0 Å². The molecule has 2 heteroatoms. The van der Waals surface area contributed by atoms with Gasteiger partial charge >= 0.3 is 0 Å². The highest BCUT2D eigenvalue weighted by Gasteiger charge is 2.16. The van der Waals surface area contributed by atoms with Crippen molar-refractivity contribution in [2.75, 3.05) is 6.61 Å². The molecule has 0 unspecified atom stereocenters. The normalized spacial score (nSPS) is 16.4. The molecule has 2 rings (SSSR count). The highest BCUT2D eigenvalue weighted by atomic mass is 35.5. The van der Waals surface area contributed by atoms with Crippen LogP contribution in [0, 0.1) is 19.8 Å². The van der Waals surface area contributed by atoms with Crippen LogP contribution in [0.25, 0.3) is 0 Å². The van der Waals surface area contributed by atoms with Gasteiger partial charge in [0.15, 0.2) is 0 Å². The van der Waals surface area contributed by atoms with Crippen LogP contribution in [0.2, 0.25) is 0 Å². The van der Waals surface area contributed by atoms with Crippen LogP contribution in [0.15, 0.2) is 12.1 Å². The lowest BCUT2D eigenvalue weighted by Gasteiger charge is -2.16. The molecule has 1 nitrogen and oxygen atoms in total. The van der Waals surface area contributed by atoms with Crippen molar-refractivity contribution in [1.29, 1.82) is 0 Å². The highest BCUT2D eigenvalue weighted by molar-refractivity contribution is 6.17. The number of hydrogen-bond donors (Lipinski definition) is 0. The van der Waals surface area contributed by atoms with E-state index in [4.69, 9.17) is 16.3 Å². The van der Waals surface area contributed by atoms with E-state index in [1.165, 1.54) is 42.4 Å². The van der Waals surface area contributed by atoms with Gasteiger partial charge < -0.3 is 4.74 Å². The van der Waals surface area contributed by atoms with E-state index in [0.717, 1.165) is 18.3 Å². The first-order chi connectivity index (χ1) is 8.20. The molecule has 17 heavy (non-hydrogen) atoms. The Morgan fingerprint density at radius 1 is 1.18 bits per heavy atom. The van der Waals surface area contributed by atoms with E-state index in [0.29, 0.717) is 5.88 Å². The largest absolute Gasteiger partial charge is 0.493 e. The van der Waals surface area contributed by atoms with Crippen molar-refractivity contribution in [2.24, 2.45) is 5.92 Å². The predicted molar refractivity (Wildman–Crippen MR) is 72.9 cm³/mol. The minimum atomic E-state index is 0.574. The molecule has 0 N–H and O–H groups in total. The third kappa shape index (κ3) is 3.16. The van der Waals surface area contributed by atoms with Gasteiger partial charge in [-0.25, -0.2) is 0 Å². The Morgan fingerprint density at radius 3 is 2.29 bits per heavy atom. The molecule has 0 aliphatic heterocycles. The second-order valence-electron chi connectivity index (χ2n) is 5.15. The molecule has 1 aliphatic rings. The van der Waals surface area contributed by atoms with Crippen LogP contribution in [-0.2, 0) is 5.88 Å². The quantitative estimate of drug-likeness (QED) is 0.711. The van der Waals surface area contributed by atoms with E-state index >= 15 is 0 Å². The van der Waals surface area contributed by atoms with Crippen LogP contribution in [0.1, 0.15) is 42.4 Å². The van der Waals surface area contributed by atoms with E-state index in [-0.39, 0.29) is 0 Å². The van der Waals surface area contributed by atoms with Gasteiger partial charge in [-0.3, -0.25) is 0 Å². The predicted octanol–water partition coefficient (Wildman–Crippen LogP) is 4.61. The number of alkyl halides is 1. The zero-order valence-corrected chi connectivity index (χ0v) is 11.5. The van der Waals surface area contributed by atoms with Crippen molar-refractivity contribution in [2.45, 2.75) is 45.4 Å². The molecule has 0 spiro atoms. The molecule has 94 valence electrons. The minimum Gasteiger partial charge on any atom is -0.493 e. The standard InChI is InChI=1S/C15H21ClO/c1-11-7-14(9-16)8-12(2)15(11)17-10-13-5-3-4-6-13/h7-8,13H,3-6,9-10H2,1-2H3. The maximum atomic E-state index is 6.01. The summed E-state index contributed by atoms with van der Waals surface area (Å²) < 4.78 is 6.01. The van der Waals surface area contributed by atoms with Gasteiger partial charge in [0, 0.05) is 5.88 Å². The molecular weight excluding hydrogens is 232 g/mol. The Hall–Kier alpha value is -0.690. The summed E-state index contributed by atoms with van der Waals surface area (Å²) >= 11 is 5.86. The van der Waals surface area contributed by atoms with Gasteiger partial charge in [-0.05, 0) is 49.3 Å². The Morgan fingerprint density at radius 2 is 1.76 bits per heavy atom. The Balaban J connectivity index is 2.04. The van der Waals surface area contributed by atoms with E-state index in [1.54, 1.807) is 0 Å². The zero-order chi connectivity index (χ0) is 12.3. The first-order valence-electron chi connectivity index (χ1n) is 6.49. The van der Waals surface area contributed by atoms with Gasteiger partial charge in [0.1, 0.15) is 5.75 Å². The number of benzene rings is 1. The molecule has 0 saturated heterocycles. The molecule has 0 heterocycles. The second kappa shape index (κ2) is 5.77. The lowest BCUT2D eigenvalue weighted by Crippen LogP contribution is -2.09. The average molecular weight is 253 g/mol. The van der Waals surface area contributed by atoms with Crippen LogP contribution in [0.3, 0.4) is 0 Å². The molecule has 0 amide bonds. The molecular formula is C15H21ClO. The summed E-state index contributed by atoms with van der Waals surface area (Å²) in [4.78, 5) is 0. The maximum absolute atomic E-state index is 6.01. The Labute approximate surface area is 109 Å². The molecule has 1 saturated carbocycles. The monoisotopic (exact) mass is 252 g/mol. The van der Waals surface area contributed by atoms with Crippen LogP contribution in [0.4, 0.5) is 0 Å². The van der Waals surface area contributed by atoms with Crippen LogP contribution < -0.4 is 4.74 Å². The van der Waals surface area contributed by atoms with Crippen molar-refractivity contribution >= 4 is 11.6 Å². The molecule has 0 radical (unpaired) electrons. The van der Waals surface area contributed by atoms with Crippen molar-refractivity contribution in [3.05, 3.63) is 28.8 Å². The third-order valence-corrected chi connectivity index (χ3v) is 3.92. The summed E-state index contributed by atoms with van der Waals surface area (Å²) in [7, 11) is 0. The van der Waals surface area contributed by atoms with Gasteiger partial charge in [0.05, 0.1) is 6.61 Å². The summed E-state index contributed by atoms with van der Waals surface area (Å²) in [6.07, 6.45) is 5.41. The van der Waals surface area contributed by atoms with Crippen molar-refractivity contribution in [3.8, 4) is 5.75 Å². The minimum absolute atomic E-state index is 0.574. The lowest BCUT2D eigenvalue weighted by molar-refractivity contribution is 0.249. The average Bonchev–Trinajstić information content (AvgIpc) is 2.80. The maximum Gasteiger partial charge on any atom is 0.125 e. The summed E-state index contributed by atoms with van der Waals surface area (Å²) in [6.45, 7) is 5.09. The Kier molecular flexibility index (Phi) is 4.33. The third-order valence-electron chi connectivity index (χ3n) is 3.61. The summed E-state index contributed by atoms with van der Waals surface area (Å²) in [5, 5.41) is 0. The van der Waals surface area contributed by atoms with Gasteiger partial charge in [0.2, 0.25) is 0 Å². The fourth-order valence-corrected chi connectivity index (χ4v) is 2.88. The first kappa shape index (κ1) is 12.8. The molecule has 1 aromatic rings. The molecule has 1 fully saturated rings.